The average molecular weight is 370 g/mol. The maximum Gasteiger partial charge on any atom is 0.322 e. The Kier molecular flexibility index (Phi) is 4.77. The highest BCUT2D eigenvalue weighted by Gasteiger charge is 2.43. The van der Waals surface area contributed by atoms with Crippen molar-refractivity contribution in [3.05, 3.63) is 70.8 Å². The van der Waals surface area contributed by atoms with E-state index in [1.165, 1.54) is 6.08 Å². The van der Waals surface area contributed by atoms with Crippen molar-refractivity contribution in [2.75, 3.05) is 5.32 Å². The first-order valence-electron chi connectivity index (χ1n) is 7.85. The molecule has 1 aliphatic rings. The lowest BCUT2D eigenvalue weighted by atomic mass is 9.92. The number of nitrogens with one attached hydrogen (secondary N) is 3. The van der Waals surface area contributed by atoms with Crippen LogP contribution >= 0.6 is 11.6 Å². The van der Waals surface area contributed by atoms with E-state index in [0.717, 1.165) is 5.56 Å². The maximum atomic E-state index is 12.1. The quantitative estimate of drug-likeness (QED) is 0.571. The molecule has 0 spiro atoms. The van der Waals surface area contributed by atoms with Gasteiger partial charge < -0.3 is 10.6 Å². The van der Waals surface area contributed by atoms with Crippen LogP contribution in [0.1, 0.15) is 18.1 Å². The molecule has 1 heterocycles. The third-order valence-corrected chi connectivity index (χ3v) is 4.26. The molecule has 1 atom stereocenters. The molecule has 0 aliphatic carbocycles. The molecule has 2 aromatic rings. The molecule has 3 rings (SSSR count). The third kappa shape index (κ3) is 3.75. The van der Waals surface area contributed by atoms with Gasteiger partial charge in [0.25, 0.3) is 5.91 Å². The first-order valence-corrected chi connectivity index (χ1v) is 8.23. The second-order valence-electron chi connectivity index (χ2n) is 5.99. The van der Waals surface area contributed by atoms with Gasteiger partial charge in [-0.25, -0.2) is 4.79 Å². The minimum atomic E-state index is -1.17. The van der Waals surface area contributed by atoms with Gasteiger partial charge in [-0.2, -0.15) is 0 Å². The largest absolute Gasteiger partial charge is 0.323 e. The van der Waals surface area contributed by atoms with E-state index in [1.54, 1.807) is 55.5 Å². The number of anilines is 1. The number of carbonyl (C=O) groups excluding carboxylic acids is 3. The van der Waals surface area contributed by atoms with Crippen molar-refractivity contribution >= 4 is 41.2 Å². The van der Waals surface area contributed by atoms with Crippen LogP contribution in [-0.2, 0) is 15.1 Å². The first kappa shape index (κ1) is 17.7. The number of urea groups is 1. The third-order valence-electron chi connectivity index (χ3n) is 4.03. The van der Waals surface area contributed by atoms with Gasteiger partial charge in [-0.15, -0.1) is 0 Å². The van der Waals surface area contributed by atoms with Gasteiger partial charge in [-0.3, -0.25) is 14.9 Å². The normalized spacial score (nSPS) is 19.3. The molecule has 0 bridgehead atoms. The number of amides is 4. The van der Waals surface area contributed by atoms with Crippen LogP contribution < -0.4 is 16.0 Å². The summed E-state index contributed by atoms with van der Waals surface area (Å²) in [6.07, 6.45) is 3.04. The molecule has 6 nitrogen and oxygen atoms in total. The molecule has 0 radical (unpaired) electrons. The number of carbonyl (C=O) groups is 3. The van der Waals surface area contributed by atoms with E-state index >= 15 is 0 Å². The second kappa shape index (κ2) is 7.01. The Bertz CT molecular complexity index is 926. The van der Waals surface area contributed by atoms with Crippen LogP contribution in [0, 0.1) is 0 Å². The second-order valence-corrected chi connectivity index (χ2v) is 6.43. The number of hydrogen-bond donors (Lipinski definition) is 3. The molecule has 0 aromatic heterocycles. The average Bonchev–Trinajstić information content (AvgIpc) is 2.86. The Morgan fingerprint density at radius 1 is 1.15 bits per heavy atom. The lowest BCUT2D eigenvalue weighted by Crippen LogP contribution is -2.40. The number of halogens is 1. The number of benzene rings is 2. The molecule has 1 aliphatic heterocycles. The maximum absolute atomic E-state index is 12.1. The molecule has 132 valence electrons. The topological polar surface area (TPSA) is 87.3 Å². The Balaban J connectivity index is 1.74. The van der Waals surface area contributed by atoms with Gasteiger partial charge in [0.15, 0.2) is 0 Å². The monoisotopic (exact) mass is 369 g/mol. The summed E-state index contributed by atoms with van der Waals surface area (Å²) < 4.78 is 0. The highest BCUT2D eigenvalue weighted by Crippen LogP contribution is 2.26. The zero-order valence-electron chi connectivity index (χ0n) is 13.9. The summed E-state index contributed by atoms with van der Waals surface area (Å²) in [5.41, 5.74) is 0.712. The van der Waals surface area contributed by atoms with Crippen molar-refractivity contribution < 1.29 is 14.4 Å². The van der Waals surface area contributed by atoms with E-state index in [0.29, 0.717) is 16.3 Å². The van der Waals surface area contributed by atoms with Crippen LogP contribution in [0.25, 0.3) is 6.08 Å². The molecule has 26 heavy (non-hydrogen) atoms. The summed E-state index contributed by atoms with van der Waals surface area (Å²) in [7, 11) is 0. The van der Waals surface area contributed by atoms with E-state index in [4.69, 9.17) is 11.6 Å². The van der Waals surface area contributed by atoms with Gasteiger partial charge in [0, 0.05) is 16.8 Å². The minimum Gasteiger partial charge on any atom is -0.323 e. The van der Waals surface area contributed by atoms with Crippen molar-refractivity contribution in [3.8, 4) is 0 Å². The number of rotatable bonds is 4. The zero-order chi connectivity index (χ0) is 18.7. The molecular weight excluding hydrogens is 354 g/mol. The van der Waals surface area contributed by atoms with Gasteiger partial charge in [0.05, 0.1) is 0 Å². The first-order chi connectivity index (χ1) is 12.4. The Morgan fingerprint density at radius 3 is 2.62 bits per heavy atom. The summed E-state index contributed by atoms with van der Waals surface area (Å²) in [5, 5.41) is 8.12. The van der Waals surface area contributed by atoms with Crippen LogP contribution in [0.15, 0.2) is 54.6 Å². The summed E-state index contributed by atoms with van der Waals surface area (Å²) >= 11 is 5.91. The van der Waals surface area contributed by atoms with Gasteiger partial charge in [0.2, 0.25) is 5.91 Å². The van der Waals surface area contributed by atoms with Crippen molar-refractivity contribution in [3.63, 3.8) is 0 Å². The fourth-order valence-electron chi connectivity index (χ4n) is 2.62. The Labute approximate surface area is 155 Å². The summed E-state index contributed by atoms with van der Waals surface area (Å²) in [5.74, 6) is -0.765. The lowest BCUT2D eigenvalue weighted by Gasteiger charge is -2.21. The fraction of sp³-hybridized carbons (Fsp3) is 0.105. The van der Waals surface area contributed by atoms with Crippen molar-refractivity contribution in [2.24, 2.45) is 0 Å². The molecule has 1 saturated heterocycles. The molecule has 7 heteroatoms. The highest BCUT2D eigenvalue weighted by atomic mass is 35.5. The summed E-state index contributed by atoms with van der Waals surface area (Å²) in [6.45, 7) is 1.60. The van der Waals surface area contributed by atoms with Crippen molar-refractivity contribution in [2.45, 2.75) is 12.5 Å². The molecule has 1 fully saturated rings. The summed E-state index contributed by atoms with van der Waals surface area (Å²) in [4.78, 5) is 35.6. The van der Waals surface area contributed by atoms with E-state index in [1.807, 2.05) is 6.07 Å². The van der Waals surface area contributed by atoms with Crippen LogP contribution in [-0.4, -0.2) is 17.8 Å². The number of imide groups is 1. The van der Waals surface area contributed by atoms with Gasteiger partial charge in [-0.1, -0.05) is 35.9 Å². The van der Waals surface area contributed by atoms with Crippen LogP contribution in [0.2, 0.25) is 5.02 Å². The van der Waals surface area contributed by atoms with Crippen molar-refractivity contribution in [1.29, 1.82) is 0 Å². The molecule has 0 saturated carbocycles. The minimum absolute atomic E-state index is 0.327. The lowest BCUT2D eigenvalue weighted by molar-refractivity contribution is -0.123. The van der Waals surface area contributed by atoms with E-state index in [2.05, 4.69) is 16.0 Å². The molecular formula is C19H16ClN3O3. The molecule has 3 N–H and O–H groups in total. The number of hydrogen-bond acceptors (Lipinski definition) is 3. The van der Waals surface area contributed by atoms with E-state index < -0.39 is 17.5 Å². The SMILES string of the molecule is C[C@@]1(c2cccc(NC(=O)/C=C/c3cccc(Cl)c3)c2)NC(=O)NC1=O. The van der Waals surface area contributed by atoms with Crippen LogP contribution in [0.4, 0.5) is 10.5 Å². The molecule has 4 amide bonds. The predicted molar refractivity (Wildman–Crippen MR) is 99.6 cm³/mol. The zero-order valence-corrected chi connectivity index (χ0v) is 14.6. The summed E-state index contributed by atoms with van der Waals surface area (Å²) in [6, 6.07) is 13.3. The van der Waals surface area contributed by atoms with Crippen LogP contribution in [0.5, 0.6) is 0 Å². The highest BCUT2D eigenvalue weighted by molar-refractivity contribution is 6.30. The smallest absolute Gasteiger partial charge is 0.322 e. The fourth-order valence-corrected chi connectivity index (χ4v) is 2.82. The molecule has 0 unspecified atom stereocenters. The molecule has 2 aromatic carbocycles. The van der Waals surface area contributed by atoms with Gasteiger partial charge in [-0.05, 0) is 48.4 Å². The van der Waals surface area contributed by atoms with Crippen LogP contribution in [0.3, 0.4) is 0 Å². The predicted octanol–water partition coefficient (Wildman–Crippen LogP) is 3.05. The van der Waals surface area contributed by atoms with Gasteiger partial charge >= 0.3 is 6.03 Å². The van der Waals surface area contributed by atoms with E-state index in [9.17, 15) is 14.4 Å². The standard InChI is InChI=1S/C19H16ClN3O3/c1-19(17(25)22-18(26)23-19)13-5-3-7-15(11-13)21-16(24)9-8-12-4-2-6-14(20)10-12/h2-11H,1H3,(H,21,24)(H2,22,23,25,26)/b9-8+/t19-/m0/s1. The Morgan fingerprint density at radius 2 is 1.92 bits per heavy atom. The van der Waals surface area contributed by atoms with Crippen molar-refractivity contribution in [1.82, 2.24) is 10.6 Å². The van der Waals surface area contributed by atoms with E-state index in [-0.39, 0.29) is 5.91 Å². The van der Waals surface area contributed by atoms with Gasteiger partial charge in [0.1, 0.15) is 5.54 Å². The Hall–Kier alpha value is -3.12.